The molecule has 0 aliphatic carbocycles. The number of nitrogens with zero attached hydrogens (tertiary/aromatic N) is 4. The number of hydrogen-bond donors (Lipinski definition) is 1. The van der Waals surface area contributed by atoms with Gasteiger partial charge >= 0.3 is 6.09 Å². The van der Waals surface area contributed by atoms with Gasteiger partial charge in [0.05, 0.1) is 25.4 Å². The van der Waals surface area contributed by atoms with Crippen molar-refractivity contribution in [1.29, 1.82) is 0 Å². The third-order valence-electron chi connectivity index (χ3n) is 3.81. The summed E-state index contributed by atoms with van der Waals surface area (Å²) in [5.41, 5.74) is 1.96. The summed E-state index contributed by atoms with van der Waals surface area (Å²) in [7, 11) is 1.55. The minimum Gasteiger partial charge on any atom is -0.465 e. The van der Waals surface area contributed by atoms with Crippen LogP contribution in [0.25, 0.3) is 0 Å². The fraction of sp³-hybridized carbons (Fsp3) is 0.583. The zero-order valence-electron chi connectivity index (χ0n) is 11.4. The molecular weight excluding hydrogens is 264 g/mol. The van der Waals surface area contributed by atoms with Crippen molar-refractivity contribution in [2.24, 2.45) is 0 Å². The molecule has 0 radical (unpaired) electrons. The highest BCUT2D eigenvalue weighted by Crippen LogP contribution is 2.27. The van der Waals surface area contributed by atoms with E-state index in [1.54, 1.807) is 11.7 Å². The van der Waals surface area contributed by atoms with E-state index < -0.39 is 6.09 Å². The van der Waals surface area contributed by atoms with Gasteiger partial charge in [0.2, 0.25) is 0 Å². The third-order valence-corrected chi connectivity index (χ3v) is 3.81. The Bertz CT molecular complexity index is 582. The normalized spacial score (nSPS) is 22.3. The maximum atomic E-state index is 12.3. The molecule has 0 fully saturated rings. The van der Waals surface area contributed by atoms with Gasteiger partial charge in [-0.15, -0.1) is 0 Å². The van der Waals surface area contributed by atoms with Crippen molar-refractivity contribution < 1.29 is 19.5 Å². The van der Waals surface area contributed by atoms with Crippen LogP contribution in [0.2, 0.25) is 0 Å². The van der Waals surface area contributed by atoms with Crippen LogP contribution >= 0.6 is 0 Å². The summed E-state index contributed by atoms with van der Waals surface area (Å²) in [6.07, 6.45) is -0.451. The second-order valence-corrected chi connectivity index (χ2v) is 5.10. The maximum Gasteiger partial charge on any atom is 0.407 e. The average Bonchev–Trinajstić information content (AvgIpc) is 2.66. The highest BCUT2D eigenvalue weighted by atomic mass is 16.7. The van der Waals surface area contributed by atoms with Gasteiger partial charge in [0.25, 0.3) is 5.91 Å². The Kier molecular flexibility index (Phi) is 2.89. The van der Waals surface area contributed by atoms with Gasteiger partial charge in [0.15, 0.2) is 0 Å². The molecule has 1 aromatic heterocycles. The summed E-state index contributed by atoms with van der Waals surface area (Å²) >= 11 is 0. The lowest BCUT2D eigenvalue weighted by Crippen LogP contribution is -2.42. The predicted molar refractivity (Wildman–Crippen MR) is 67.0 cm³/mol. The van der Waals surface area contributed by atoms with E-state index in [0.29, 0.717) is 30.8 Å². The molecule has 1 atom stereocenters. The highest BCUT2D eigenvalue weighted by molar-refractivity contribution is 5.93. The average molecular weight is 280 g/mol. The fourth-order valence-electron chi connectivity index (χ4n) is 2.72. The number of fused-ring (bicyclic) bond motifs is 3. The molecule has 20 heavy (non-hydrogen) atoms. The molecule has 2 aliphatic rings. The van der Waals surface area contributed by atoms with Crippen LogP contribution in [-0.2, 0) is 24.3 Å². The molecule has 0 saturated heterocycles. The topological polar surface area (TPSA) is 87.9 Å². The summed E-state index contributed by atoms with van der Waals surface area (Å²) in [5, 5.41) is 14.9. The first-order chi connectivity index (χ1) is 9.49. The largest absolute Gasteiger partial charge is 0.465 e. The number of amides is 2. The summed E-state index contributed by atoms with van der Waals surface area (Å²) in [6, 6.07) is -0.136. The second-order valence-electron chi connectivity index (χ2n) is 5.10. The van der Waals surface area contributed by atoms with E-state index in [1.165, 1.54) is 9.96 Å². The lowest BCUT2D eigenvalue weighted by Gasteiger charge is -2.30. The van der Waals surface area contributed by atoms with Crippen LogP contribution in [0, 0.1) is 0 Å². The Morgan fingerprint density at radius 2 is 2.25 bits per heavy atom. The van der Waals surface area contributed by atoms with Crippen molar-refractivity contribution in [3.05, 3.63) is 17.0 Å². The Hall–Kier alpha value is -2.09. The molecule has 3 heterocycles. The molecule has 0 bridgehead atoms. The molecule has 0 spiro atoms. The van der Waals surface area contributed by atoms with Gasteiger partial charge in [0.1, 0.15) is 5.69 Å². The Morgan fingerprint density at radius 1 is 1.50 bits per heavy atom. The molecule has 2 aliphatic heterocycles. The van der Waals surface area contributed by atoms with Crippen molar-refractivity contribution in [3.8, 4) is 0 Å². The molecule has 2 amide bonds. The van der Waals surface area contributed by atoms with Gasteiger partial charge < -0.3 is 10.0 Å². The van der Waals surface area contributed by atoms with Crippen LogP contribution in [0.3, 0.4) is 0 Å². The van der Waals surface area contributed by atoms with Gasteiger partial charge in [-0.2, -0.15) is 5.10 Å². The molecule has 8 nitrogen and oxygen atoms in total. The molecular formula is C12H16N4O4. The first-order valence-electron chi connectivity index (χ1n) is 6.48. The van der Waals surface area contributed by atoms with Crippen LogP contribution in [0.5, 0.6) is 0 Å². The van der Waals surface area contributed by atoms with Gasteiger partial charge in [-0.1, -0.05) is 0 Å². The fourth-order valence-corrected chi connectivity index (χ4v) is 2.72. The van der Waals surface area contributed by atoms with Crippen LogP contribution < -0.4 is 0 Å². The molecule has 1 aromatic rings. The van der Waals surface area contributed by atoms with Crippen LogP contribution in [0.4, 0.5) is 4.79 Å². The third kappa shape index (κ3) is 1.83. The number of hydrogen-bond acceptors (Lipinski definition) is 4. The minimum absolute atomic E-state index is 0.136. The van der Waals surface area contributed by atoms with E-state index >= 15 is 0 Å². The number of carbonyl (C=O) groups excluding carboxylic acids is 1. The van der Waals surface area contributed by atoms with Gasteiger partial charge in [0, 0.05) is 25.1 Å². The maximum absolute atomic E-state index is 12.3. The Labute approximate surface area is 115 Å². The molecule has 1 N–H and O–H groups in total. The molecule has 0 unspecified atom stereocenters. The standard InChI is InChI=1S/C12H16N4O4/c1-7-5-9-8(6-15(7)12(18)19)10-11(17)14(2)20-4-3-16(10)13-9/h7H,3-6H2,1-2H3,(H,18,19)/t7-/m1/s1. The van der Waals surface area contributed by atoms with Crippen LogP contribution in [0.1, 0.15) is 28.7 Å². The van der Waals surface area contributed by atoms with E-state index in [0.717, 1.165) is 5.69 Å². The Balaban J connectivity index is 2.06. The van der Waals surface area contributed by atoms with Crippen molar-refractivity contribution in [3.63, 3.8) is 0 Å². The molecule has 8 heteroatoms. The van der Waals surface area contributed by atoms with Crippen molar-refractivity contribution >= 4 is 12.0 Å². The van der Waals surface area contributed by atoms with E-state index in [1.807, 2.05) is 6.92 Å². The number of aromatic nitrogens is 2. The molecule has 108 valence electrons. The molecule has 0 aromatic carbocycles. The SMILES string of the molecule is C[C@@H]1Cc2nn3c(c2CN1C(=O)O)C(=O)N(C)OCC3. The first-order valence-corrected chi connectivity index (χ1v) is 6.48. The lowest BCUT2D eigenvalue weighted by atomic mass is 10.00. The monoisotopic (exact) mass is 280 g/mol. The van der Waals surface area contributed by atoms with Crippen molar-refractivity contribution in [1.82, 2.24) is 19.7 Å². The number of rotatable bonds is 0. The van der Waals surface area contributed by atoms with Crippen LogP contribution in [0.15, 0.2) is 0 Å². The summed E-state index contributed by atoms with van der Waals surface area (Å²) < 4.78 is 1.63. The number of hydroxylamine groups is 2. The first kappa shape index (κ1) is 12.9. The number of carbonyl (C=O) groups is 2. The minimum atomic E-state index is -0.978. The van der Waals surface area contributed by atoms with E-state index in [4.69, 9.17) is 4.84 Å². The summed E-state index contributed by atoms with van der Waals surface area (Å²) in [4.78, 5) is 30.1. The zero-order valence-corrected chi connectivity index (χ0v) is 11.4. The van der Waals surface area contributed by atoms with Crippen molar-refractivity contribution in [2.75, 3.05) is 13.7 Å². The smallest absolute Gasteiger partial charge is 0.407 e. The second kappa shape index (κ2) is 4.48. The van der Waals surface area contributed by atoms with Crippen LogP contribution in [-0.4, -0.2) is 56.5 Å². The van der Waals surface area contributed by atoms with Crippen molar-refractivity contribution in [2.45, 2.75) is 32.5 Å². The zero-order chi connectivity index (χ0) is 14.4. The number of carboxylic acid groups (broad SMARTS) is 1. The van der Waals surface area contributed by atoms with Gasteiger partial charge in [-0.05, 0) is 6.92 Å². The summed E-state index contributed by atoms with van der Waals surface area (Å²) in [6.45, 7) is 2.90. The lowest BCUT2D eigenvalue weighted by molar-refractivity contribution is -0.103. The quantitative estimate of drug-likeness (QED) is 0.739. The van der Waals surface area contributed by atoms with E-state index in [2.05, 4.69) is 5.10 Å². The van der Waals surface area contributed by atoms with E-state index in [9.17, 15) is 14.7 Å². The predicted octanol–water partition coefficient (Wildman–Crippen LogP) is 0.325. The van der Waals surface area contributed by atoms with E-state index in [-0.39, 0.29) is 18.5 Å². The Morgan fingerprint density at radius 3 is 2.95 bits per heavy atom. The molecule has 3 rings (SSSR count). The highest BCUT2D eigenvalue weighted by Gasteiger charge is 2.35. The summed E-state index contributed by atoms with van der Waals surface area (Å²) in [5.74, 6) is -0.281. The molecule has 0 saturated carbocycles. The van der Waals surface area contributed by atoms with Gasteiger partial charge in [-0.3, -0.25) is 14.3 Å². The van der Waals surface area contributed by atoms with Gasteiger partial charge in [-0.25, -0.2) is 9.86 Å².